The molecule has 12 heteroatoms. The number of nitrogens with one attached hydrogen (secondary N) is 1. The van der Waals surface area contributed by atoms with E-state index in [4.69, 9.17) is 34.8 Å². The van der Waals surface area contributed by atoms with E-state index in [1.54, 1.807) is 0 Å². The summed E-state index contributed by atoms with van der Waals surface area (Å²) in [6, 6.07) is 1.14. The fraction of sp³-hybridized carbons (Fsp3) is 0.300. The predicted octanol–water partition coefficient (Wildman–Crippen LogP) is 6.57. The minimum Gasteiger partial charge on any atom is -0.445 e. The lowest BCUT2D eigenvalue weighted by Crippen LogP contribution is -2.21. The predicted molar refractivity (Wildman–Crippen MR) is 77.8 cm³/mol. The van der Waals surface area contributed by atoms with Crippen molar-refractivity contribution in [2.24, 2.45) is 0 Å². The van der Waals surface area contributed by atoms with Crippen LogP contribution in [0.3, 0.4) is 0 Å². The van der Waals surface area contributed by atoms with Crippen molar-refractivity contribution in [2.45, 2.75) is 15.6 Å². The van der Waals surface area contributed by atoms with Crippen LogP contribution in [0.4, 0.5) is 29.9 Å². The standard InChI is InChI=1S/C10H9Cl3F5NO2S/c1-6-2-3-7(22(14,15,16,17)18)4-8(6)19-9(20)21-5-10(11,12)13/h2-4H,5H2,1H3,(H,19,20). The molecule has 22 heavy (non-hydrogen) atoms. The zero-order valence-electron chi connectivity index (χ0n) is 10.7. The van der Waals surface area contributed by atoms with Crippen molar-refractivity contribution in [3.63, 3.8) is 0 Å². The summed E-state index contributed by atoms with van der Waals surface area (Å²) in [4.78, 5) is 9.23. The first kappa shape index (κ1) is 19.4. The van der Waals surface area contributed by atoms with Gasteiger partial charge in [0.15, 0.2) is 0 Å². The fourth-order valence-corrected chi connectivity index (χ4v) is 2.10. The monoisotopic (exact) mass is 407 g/mol. The Morgan fingerprint density at radius 2 is 1.77 bits per heavy atom. The molecule has 0 spiro atoms. The first-order chi connectivity index (χ1) is 9.48. The van der Waals surface area contributed by atoms with Crippen LogP contribution in [0.5, 0.6) is 0 Å². The van der Waals surface area contributed by atoms with Crippen LogP contribution in [-0.2, 0) is 4.74 Å². The molecule has 128 valence electrons. The molecule has 1 N–H and O–H groups in total. The van der Waals surface area contributed by atoms with Gasteiger partial charge < -0.3 is 4.74 Å². The number of hydrogen-bond acceptors (Lipinski definition) is 2. The van der Waals surface area contributed by atoms with Gasteiger partial charge in [-0.15, -0.1) is 0 Å². The Bertz CT molecular complexity index is 603. The first-order valence-electron chi connectivity index (χ1n) is 5.33. The van der Waals surface area contributed by atoms with Crippen molar-refractivity contribution in [1.82, 2.24) is 0 Å². The summed E-state index contributed by atoms with van der Waals surface area (Å²) in [7, 11) is -9.85. The SMILES string of the molecule is Cc1ccc(S(F)(F)(F)(F)F)cc1NC(=O)OCC(Cl)(Cl)Cl. The molecule has 1 amide bonds. The van der Waals surface area contributed by atoms with E-state index < -0.39 is 37.3 Å². The minimum atomic E-state index is -9.85. The third-order valence-corrected chi connectivity index (χ3v) is 3.73. The van der Waals surface area contributed by atoms with Crippen LogP contribution in [0.25, 0.3) is 0 Å². The largest absolute Gasteiger partial charge is 0.445 e. The van der Waals surface area contributed by atoms with Crippen molar-refractivity contribution >= 4 is 56.8 Å². The first-order valence-corrected chi connectivity index (χ1v) is 8.42. The number of benzene rings is 1. The lowest BCUT2D eigenvalue weighted by molar-refractivity contribution is 0.164. The molecule has 0 unspecified atom stereocenters. The molecule has 0 radical (unpaired) electrons. The Kier molecular flexibility index (Phi) is 4.57. The van der Waals surface area contributed by atoms with E-state index in [0.29, 0.717) is 0 Å². The maximum Gasteiger partial charge on any atom is 0.411 e. The maximum absolute atomic E-state index is 12.7. The number of ether oxygens (including phenoxy) is 1. The lowest BCUT2D eigenvalue weighted by Gasteiger charge is -2.40. The number of anilines is 1. The highest BCUT2D eigenvalue weighted by atomic mass is 35.6. The van der Waals surface area contributed by atoms with Gasteiger partial charge in [-0.1, -0.05) is 60.3 Å². The van der Waals surface area contributed by atoms with Crippen molar-refractivity contribution in [3.8, 4) is 0 Å². The van der Waals surface area contributed by atoms with E-state index in [-0.39, 0.29) is 17.7 Å². The Balaban J connectivity index is 3.01. The van der Waals surface area contributed by atoms with Crippen LogP contribution < -0.4 is 5.32 Å². The lowest BCUT2D eigenvalue weighted by atomic mass is 10.2. The number of amides is 1. The van der Waals surface area contributed by atoms with Crippen LogP contribution >= 0.6 is 45.0 Å². The number of hydrogen-bond donors (Lipinski definition) is 1. The number of carbonyl (C=O) groups is 1. The van der Waals surface area contributed by atoms with Gasteiger partial charge in [-0.25, -0.2) is 4.79 Å². The summed E-state index contributed by atoms with van der Waals surface area (Å²) in [5.74, 6) is 0. The zero-order valence-corrected chi connectivity index (χ0v) is 13.8. The molecule has 0 aromatic heterocycles. The molecule has 0 saturated heterocycles. The molecule has 1 aromatic carbocycles. The molecule has 0 heterocycles. The molecule has 0 bridgehead atoms. The summed E-state index contributed by atoms with van der Waals surface area (Å²) >= 11 is 15.9. The molecular weight excluding hydrogens is 400 g/mol. The minimum absolute atomic E-state index is 0.108. The van der Waals surface area contributed by atoms with Gasteiger partial charge >= 0.3 is 16.3 Å². The molecule has 0 aliphatic carbocycles. The second-order valence-electron chi connectivity index (χ2n) is 4.26. The van der Waals surface area contributed by atoms with Crippen LogP contribution in [0.1, 0.15) is 5.56 Å². The van der Waals surface area contributed by atoms with Crippen molar-refractivity contribution < 1.29 is 29.0 Å². The summed E-state index contributed by atoms with van der Waals surface area (Å²) in [5, 5.41) is 1.88. The van der Waals surface area contributed by atoms with Crippen LogP contribution in [0.15, 0.2) is 23.1 Å². The van der Waals surface area contributed by atoms with E-state index in [9.17, 15) is 24.2 Å². The Labute approximate surface area is 137 Å². The van der Waals surface area contributed by atoms with Crippen molar-refractivity contribution in [1.29, 1.82) is 0 Å². The number of rotatable bonds is 3. The maximum atomic E-state index is 12.7. The number of carbonyl (C=O) groups excluding carboxylic acids is 1. The highest BCUT2D eigenvalue weighted by Crippen LogP contribution is 3.02. The number of aryl methyl sites for hydroxylation is 1. The molecular formula is C10H9Cl3F5NO2S. The summed E-state index contributed by atoms with van der Waals surface area (Å²) in [6.07, 6.45) is -1.26. The molecule has 0 fully saturated rings. The quantitative estimate of drug-likeness (QED) is 0.454. The van der Waals surface area contributed by atoms with Crippen LogP contribution in [-0.4, -0.2) is 16.5 Å². The van der Waals surface area contributed by atoms with Crippen molar-refractivity contribution in [2.75, 3.05) is 11.9 Å². The molecule has 0 saturated carbocycles. The second-order valence-corrected chi connectivity index (χ2v) is 9.19. The van der Waals surface area contributed by atoms with E-state index >= 15 is 0 Å². The van der Waals surface area contributed by atoms with Gasteiger partial charge in [-0.3, -0.25) is 5.32 Å². The van der Waals surface area contributed by atoms with Crippen LogP contribution in [0.2, 0.25) is 0 Å². The molecule has 0 aliphatic heterocycles. The average molecular weight is 409 g/mol. The average Bonchev–Trinajstić information content (AvgIpc) is 2.25. The molecule has 3 nitrogen and oxygen atoms in total. The highest BCUT2D eigenvalue weighted by molar-refractivity contribution is 8.45. The topological polar surface area (TPSA) is 38.3 Å². The van der Waals surface area contributed by atoms with Gasteiger partial charge in [-0.05, 0) is 24.6 Å². The molecule has 1 rings (SSSR count). The van der Waals surface area contributed by atoms with E-state index in [1.807, 2.05) is 5.32 Å². The Morgan fingerprint density at radius 1 is 1.23 bits per heavy atom. The van der Waals surface area contributed by atoms with E-state index in [0.717, 1.165) is 6.07 Å². The second kappa shape index (κ2) is 5.19. The van der Waals surface area contributed by atoms with Gasteiger partial charge in [0, 0.05) is 5.69 Å². The normalized spacial score (nSPS) is 15.7. The molecule has 0 atom stereocenters. The highest BCUT2D eigenvalue weighted by Gasteiger charge is 2.65. The molecule has 0 aliphatic rings. The number of halogens is 8. The van der Waals surface area contributed by atoms with Crippen molar-refractivity contribution in [3.05, 3.63) is 23.8 Å². The van der Waals surface area contributed by atoms with Gasteiger partial charge in [0.2, 0.25) is 3.79 Å². The van der Waals surface area contributed by atoms with Gasteiger partial charge in [0.05, 0.1) is 0 Å². The van der Waals surface area contributed by atoms with Gasteiger partial charge in [-0.2, -0.15) is 0 Å². The smallest absolute Gasteiger partial charge is 0.411 e. The van der Waals surface area contributed by atoms with Gasteiger partial charge in [0.1, 0.15) is 11.5 Å². The fourth-order valence-electron chi connectivity index (χ4n) is 1.27. The third kappa shape index (κ3) is 6.23. The summed E-state index contributed by atoms with van der Waals surface area (Å²) in [6.45, 7) is 0.629. The van der Waals surface area contributed by atoms with Crippen LogP contribution in [0, 0.1) is 6.92 Å². The van der Waals surface area contributed by atoms with E-state index in [2.05, 4.69) is 4.74 Å². The van der Waals surface area contributed by atoms with Gasteiger partial charge in [0.25, 0.3) is 0 Å². The zero-order chi connectivity index (χ0) is 17.5. The van der Waals surface area contributed by atoms with E-state index in [1.165, 1.54) is 6.92 Å². The third-order valence-electron chi connectivity index (χ3n) is 2.26. The number of alkyl halides is 3. The Hall–Kier alpha value is -0.640. The molecule has 1 aromatic rings. The Morgan fingerprint density at radius 3 is 2.23 bits per heavy atom. The summed E-state index contributed by atoms with van der Waals surface area (Å²) < 4.78 is 66.0. The summed E-state index contributed by atoms with van der Waals surface area (Å²) in [5.41, 5.74) is -0.392.